The summed E-state index contributed by atoms with van der Waals surface area (Å²) in [5, 5.41) is 8.39. The molecule has 0 aliphatic carbocycles. The van der Waals surface area contributed by atoms with Crippen LogP contribution in [0.3, 0.4) is 0 Å². The fraction of sp³-hybridized carbons (Fsp3) is 0.889. The quantitative estimate of drug-likeness (QED) is 0.552. The molecule has 0 heterocycles. The molecule has 0 aromatic carbocycles. The molecule has 0 rings (SSSR count). The van der Waals surface area contributed by atoms with Gasteiger partial charge in [0.1, 0.15) is 0 Å². The second kappa shape index (κ2) is 6.60. The van der Waals surface area contributed by atoms with Gasteiger partial charge in [-0.1, -0.05) is 42.4 Å². The van der Waals surface area contributed by atoms with Gasteiger partial charge in [-0.25, -0.2) is 0 Å². The van der Waals surface area contributed by atoms with Gasteiger partial charge in [0.05, 0.1) is 0 Å². The number of rotatable bonds is 6. The first-order valence-electron chi connectivity index (χ1n) is 4.44. The Balaban J connectivity index is 3.13. The van der Waals surface area contributed by atoms with Gasteiger partial charge >= 0.3 is 5.97 Å². The first-order chi connectivity index (χ1) is 5.92. The van der Waals surface area contributed by atoms with E-state index in [-0.39, 0.29) is 0 Å². The predicted octanol–water partition coefficient (Wildman–Crippen LogP) is 3.42. The van der Waals surface area contributed by atoms with Crippen LogP contribution in [0.15, 0.2) is 0 Å². The van der Waals surface area contributed by atoms with Crippen molar-refractivity contribution in [1.29, 1.82) is 0 Å². The van der Waals surface area contributed by atoms with Gasteiger partial charge in [-0.05, 0) is 12.8 Å². The van der Waals surface area contributed by atoms with E-state index in [1.165, 1.54) is 0 Å². The van der Waals surface area contributed by atoms with Crippen molar-refractivity contribution in [1.82, 2.24) is 0 Å². The molecular weight excluding hydrogens is 204 g/mol. The van der Waals surface area contributed by atoms with Crippen LogP contribution in [0.1, 0.15) is 40.0 Å². The van der Waals surface area contributed by atoms with E-state index in [4.69, 9.17) is 5.11 Å². The number of aliphatic carboxylic acids is 1. The summed E-state index contributed by atoms with van der Waals surface area (Å²) in [7, 11) is 3.70. The maximum absolute atomic E-state index is 10.2. The minimum Gasteiger partial charge on any atom is -0.481 e. The van der Waals surface area contributed by atoms with Gasteiger partial charge < -0.3 is 5.11 Å². The Hall–Kier alpha value is 0.170. The lowest BCUT2D eigenvalue weighted by atomic mass is 10.3. The molecular formula is C9H18O2S2. The highest BCUT2D eigenvalue weighted by Crippen LogP contribution is 2.35. The Morgan fingerprint density at radius 3 is 2.38 bits per heavy atom. The topological polar surface area (TPSA) is 37.3 Å². The second-order valence-electron chi connectivity index (χ2n) is 3.87. The summed E-state index contributed by atoms with van der Waals surface area (Å²) in [6, 6.07) is 0. The monoisotopic (exact) mass is 222 g/mol. The molecule has 13 heavy (non-hydrogen) atoms. The fourth-order valence-corrected chi connectivity index (χ4v) is 3.08. The highest BCUT2D eigenvalue weighted by Gasteiger charge is 2.10. The van der Waals surface area contributed by atoms with Crippen molar-refractivity contribution in [2.45, 2.75) is 44.8 Å². The van der Waals surface area contributed by atoms with E-state index >= 15 is 0 Å². The molecule has 1 N–H and O–H groups in total. The van der Waals surface area contributed by atoms with Crippen molar-refractivity contribution in [2.75, 3.05) is 5.75 Å². The van der Waals surface area contributed by atoms with Crippen LogP contribution < -0.4 is 0 Å². The summed E-state index contributed by atoms with van der Waals surface area (Å²) in [6.45, 7) is 6.55. The lowest BCUT2D eigenvalue weighted by molar-refractivity contribution is -0.137. The minimum absolute atomic E-state index is 0.303. The Bertz CT molecular complexity index is 152. The maximum atomic E-state index is 10.2. The summed E-state index contributed by atoms with van der Waals surface area (Å²) < 4.78 is 0.303. The van der Waals surface area contributed by atoms with E-state index in [2.05, 4.69) is 20.8 Å². The molecule has 2 nitrogen and oxygen atoms in total. The van der Waals surface area contributed by atoms with Crippen LogP contribution in [0, 0.1) is 0 Å². The van der Waals surface area contributed by atoms with Crippen molar-refractivity contribution in [3.63, 3.8) is 0 Å². The normalized spacial score (nSPS) is 11.6. The molecule has 0 spiro atoms. The molecule has 0 amide bonds. The van der Waals surface area contributed by atoms with E-state index in [9.17, 15) is 4.79 Å². The number of carbonyl (C=O) groups is 1. The van der Waals surface area contributed by atoms with Gasteiger partial charge in [0.2, 0.25) is 0 Å². The number of hydrogen-bond donors (Lipinski definition) is 1. The third kappa shape index (κ3) is 12.2. The molecule has 0 saturated heterocycles. The second-order valence-corrected chi connectivity index (χ2v) is 7.11. The SMILES string of the molecule is CC(C)(C)SSCCCCC(=O)O. The Labute approximate surface area is 88.3 Å². The predicted molar refractivity (Wildman–Crippen MR) is 61.3 cm³/mol. The van der Waals surface area contributed by atoms with Crippen molar-refractivity contribution in [3.05, 3.63) is 0 Å². The van der Waals surface area contributed by atoms with Gasteiger partial charge in [-0.3, -0.25) is 4.79 Å². The van der Waals surface area contributed by atoms with Crippen LogP contribution in [-0.4, -0.2) is 21.6 Å². The van der Waals surface area contributed by atoms with Gasteiger partial charge in [0, 0.05) is 16.9 Å². The van der Waals surface area contributed by atoms with Gasteiger partial charge in [-0.2, -0.15) is 0 Å². The molecule has 78 valence electrons. The van der Waals surface area contributed by atoms with Crippen molar-refractivity contribution in [2.24, 2.45) is 0 Å². The zero-order valence-electron chi connectivity index (χ0n) is 8.50. The first-order valence-corrected chi connectivity index (χ1v) is 6.76. The van der Waals surface area contributed by atoms with Crippen LogP contribution in [0.25, 0.3) is 0 Å². The van der Waals surface area contributed by atoms with E-state index in [1.54, 1.807) is 0 Å². The molecule has 0 aliphatic rings. The maximum Gasteiger partial charge on any atom is 0.303 e. The average molecular weight is 222 g/mol. The van der Waals surface area contributed by atoms with Crippen LogP contribution in [0.4, 0.5) is 0 Å². The molecule has 0 fully saturated rings. The summed E-state index contributed by atoms with van der Waals surface area (Å²) >= 11 is 0. The largest absolute Gasteiger partial charge is 0.481 e. The van der Waals surface area contributed by atoms with Gasteiger partial charge in [-0.15, -0.1) is 0 Å². The molecule has 0 radical (unpaired) electrons. The fourth-order valence-electron chi connectivity index (χ4n) is 0.656. The molecule has 0 aromatic rings. The van der Waals surface area contributed by atoms with Crippen LogP contribution in [-0.2, 0) is 4.79 Å². The number of unbranched alkanes of at least 4 members (excludes halogenated alkanes) is 1. The summed E-state index contributed by atoms with van der Waals surface area (Å²) in [5.41, 5.74) is 0. The van der Waals surface area contributed by atoms with Crippen molar-refractivity contribution < 1.29 is 9.90 Å². The Morgan fingerprint density at radius 2 is 1.92 bits per heavy atom. The molecule has 4 heteroatoms. The number of carboxylic acid groups (broad SMARTS) is 1. The summed E-state index contributed by atoms with van der Waals surface area (Å²) in [5.74, 6) is 0.364. The van der Waals surface area contributed by atoms with E-state index in [0.29, 0.717) is 11.2 Å². The van der Waals surface area contributed by atoms with E-state index in [1.807, 2.05) is 21.6 Å². The Kier molecular flexibility index (Phi) is 6.68. The Morgan fingerprint density at radius 1 is 1.31 bits per heavy atom. The highest BCUT2D eigenvalue weighted by molar-refractivity contribution is 8.77. The third-order valence-corrected chi connectivity index (χ3v) is 4.60. The lowest BCUT2D eigenvalue weighted by Crippen LogP contribution is -2.04. The lowest BCUT2D eigenvalue weighted by Gasteiger charge is -2.15. The van der Waals surface area contributed by atoms with Crippen LogP contribution >= 0.6 is 21.6 Å². The molecule has 0 bridgehead atoms. The van der Waals surface area contributed by atoms with Crippen LogP contribution in [0.2, 0.25) is 0 Å². The number of hydrogen-bond acceptors (Lipinski definition) is 3. The van der Waals surface area contributed by atoms with Crippen LogP contribution in [0.5, 0.6) is 0 Å². The zero-order chi connectivity index (χ0) is 10.3. The minimum atomic E-state index is -0.687. The number of carboxylic acids is 1. The molecule has 0 atom stereocenters. The standard InChI is InChI=1S/C9H18O2S2/c1-9(2,3)13-12-7-5-4-6-8(10)11/h4-7H2,1-3H3,(H,10,11). The van der Waals surface area contributed by atoms with Crippen molar-refractivity contribution in [3.8, 4) is 0 Å². The van der Waals surface area contributed by atoms with E-state index < -0.39 is 5.97 Å². The summed E-state index contributed by atoms with van der Waals surface area (Å²) in [6.07, 6.45) is 2.10. The average Bonchev–Trinajstić information content (AvgIpc) is 1.93. The summed E-state index contributed by atoms with van der Waals surface area (Å²) in [4.78, 5) is 10.2. The molecule has 0 unspecified atom stereocenters. The third-order valence-electron chi connectivity index (χ3n) is 1.18. The molecule has 0 aromatic heterocycles. The first kappa shape index (κ1) is 13.2. The van der Waals surface area contributed by atoms with Crippen molar-refractivity contribution >= 4 is 27.6 Å². The van der Waals surface area contributed by atoms with Gasteiger partial charge in [0.25, 0.3) is 0 Å². The molecule has 0 aliphatic heterocycles. The van der Waals surface area contributed by atoms with Gasteiger partial charge in [0.15, 0.2) is 0 Å². The molecule has 0 saturated carbocycles. The smallest absolute Gasteiger partial charge is 0.303 e. The highest BCUT2D eigenvalue weighted by atomic mass is 33.1. The van der Waals surface area contributed by atoms with E-state index in [0.717, 1.165) is 18.6 Å². The zero-order valence-corrected chi connectivity index (χ0v) is 10.1.